The molecule has 0 bridgehead atoms. The number of hydrogen-bond donors (Lipinski definition) is 1. The Hall–Kier alpha value is -2.31. The minimum absolute atomic E-state index is 0.102. The molecular weight excluding hydrogens is 226 g/mol. The minimum Gasteiger partial charge on any atom is -0.459 e. The van der Waals surface area contributed by atoms with Crippen molar-refractivity contribution in [2.75, 3.05) is 13.2 Å². The van der Waals surface area contributed by atoms with Crippen molar-refractivity contribution in [1.82, 2.24) is 15.3 Å². The third-order valence-corrected chi connectivity index (χ3v) is 1.72. The highest BCUT2D eigenvalue weighted by molar-refractivity contribution is 6.32. The van der Waals surface area contributed by atoms with E-state index >= 15 is 0 Å². The van der Waals surface area contributed by atoms with Crippen LogP contribution in [-0.4, -0.2) is 40.8 Å². The molecule has 1 amide bonds. The fraction of sp³-hybridized carbons (Fsp3) is 0.300. The average Bonchev–Trinajstić information content (AvgIpc) is 2.36. The molecule has 0 radical (unpaired) electrons. The molecule has 0 saturated heterocycles. The Balaban J connectivity index is 2.44. The number of Topliss-reactive ketones (excluding diaryl/α,β-unsaturated/α-hetero) is 1. The number of ether oxygens (including phenoxy) is 1. The van der Waals surface area contributed by atoms with Crippen LogP contribution in [0.4, 0.5) is 0 Å². The van der Waals surface area contributed by atoms with Gasteiger partial charge in [0, 0.05) is 12.4 Å². The van der Waals surface area contributed by atoms with E-state index in [4.69, 9.17) is 0 Å². The van der Waals surface area contributed by atoms with Crippen LogP contribution in [0.15, 0.2) is 18.6 Å². The lowest BCUT2D eigenvalue weighted by atomic mass is 10.3. The standard InChI is InChI=1S/C10H11N3O4/c1-2-17-10(16)9(15)13-6-8(14)7-5-11-3-4-12-7/h3-5H,2,6H2,1H3,(H,13,15). The molecule has 1 aromatic heterocycles. The van der Waals surface area contributed by atoms with Gasteiger partial charge in [-0.3, -0.25) is 14.6 Å². The molecule has 90 valence electrons. The van der Waals surface area contributed by atoms with Crippen LogP contribution in [0, 0.1) is 0 Å². The molecule has 0 spiro atoms. The summed E-state index contributed by atoms with van der Waals surface area (Å²) in [5.41, 5.74) is 0.122. The molecule has 0 aliphatic carbocycles. The summed E-state index contributed by atoms with van der Waals surface area (Å²) in [4.78, 5) is 40.9. The maximum atomic E-state index is 11.5. The highest BCUT2D eigenvalue weighted by atomic mass is 16.5. The number of hydrogen-bond acceptors (Lipinski definition) is 6. The second kappa shape index (κ2) is 6.31. The zero-order chi connectivity index (χ0) is 12.7. The van der Waals surface area contributed by atoms with Gasteiger partial charge in [-0.15, -0.1) is 0 Å². The Morgan fingerprint density at radius 2 is 2.12 bits per heavy atom. The van der Waals surface area contributed by atoms with E-state index in [2.05, 4.69) is 20.0 Å². The summed E-state index contributed by atoms with van der Waals surface area (Å²) in [6.45, 7) is 1.36. The lowest BCUT2D eigenvalue weighted by Gasteiger charge is -2.03. The van der Waals surface area contributed by atoms with Crippen molar-refractivity contribution in [2.45, 2.75) is 6.92 Å². The molecule has 0 saturated carbocycles. The largest absolute Gasteiger partial charge is 0.459 e. The second-order valence-electron chi connectivity index (χ2n) is 2.92. The molecule has 17 heavy (non-hydrogen) atoms. The molecule has 0 fully saturated rings. The Morgan fingerprint density at radius 3 is 2.71 bits per heavy atom. The first-order chi connectivity index (χ1) is 8.15. The van der Waals surface area contributed by atoms with Gasteiger partial charge in [0.1, 0.15) is 5.69 Å². The predicted molar refractivity (Wildman–Crippen MR) is 56.0 cm³/mol. The maximum absolute atomic E-state index is 11.5. The quantitative estimate of drug-likeness (QED) is 0.424. The van der Waals surface area contributed by atoms with Gasteiger partial charge in [0.25, 0.3) is 0 Å². The van der Waals surface area contributed by atoms with Crippen LogP contribution in [0.3, 0.4) is 0 Å². The fourth-order valence-corrected chi connectivity index (χ4v) is 0.963. The molecule has 7 nitrogen and oxygen atoms in total. The highest BCUT2D eigenvalue weighted by Crippen LogP contribution is 1.91. The first-order valence-corrected chi connectivity index (χ1v) is 4.89. The molecule has 7 heteroatoms. The van der Waals surface area contributed by atoms with Crippen LogP contribution in [0.25, 0.3) is 0 Å². The number of nitrogens with zero attached hydrogens (tertiary/aromatic N) is 2. The molecule has 1 heterocycles. The van der Waals surface area contributed by atoms with Crippen molar-refractivity contribution in [3.05, 3.63) is 24.3 Å². The molecule has 1 rings (SSSR count). The Morgan fingerprint density at radius 1 is 1.35 bits per heavy atom. The summed E-state index contributed by atoms with van der Waals surface area (Å²) < 4.78 is 4.45. The van der Waals surface area contributed by atoms with Crippen LogP contribution in [0.2, 0.25) is 0 Å². The average molecular weight is 237 g/mol. The van der Waals surface area contributed by atoms with Crippen LogP contribution in [-0.2, 0) is 14.3 Å². The monoisotopic (exact) mass is 237 g/mol. The summed E-state index contributed by atoms with van der Waals surface area (Å²) in [5, 5.41) is 2.13. The van der Waals surface area contributed by atoms with E-state index in [1.807, 2.05) is 0 Å². The Bertz CT molecular complexity index is 419. The number of aromatic nitrogens is 2. The zero-order valence-corrected chi connectivity index (χ0v) is 9.17. The summed E-state index contributed by atoms with van der Waals surface area (Å²) in [6.07, 6.45) is 4.06. The number of nitrogens with one attached hydrogen (secondary N) is 1. The van der Waals surface area contributed by atoms with Crippen molar-refractivity contribution < 1.29 is 19.1 Å². The smallest absolute Gasteiger partial charge is 0.396 e. The first kappa shape index (κ1) is 12.8. The van der Waals surface area contributed by atoms with Gasteiger partial charge in [0.2, 0.25) is 5.78 Å². The number of rotatable bonds is 4. The number of carbonyl (C=O) groups is 3. The van der Waals surface area contributed by atoms with Gasteiger partial charge in [-0.1, -0.05) is 0 Å². The number of ketones is 1. The molecule has 0 aliphatic heterocycles. The summed E-state index contributed by atoms with van der Waals surface area (Å²) in [7, 11) is 0. The minimum atomic E-state index is -1.01. The van der Waals surface area contributed by atoms with E-state index in [9.17, 15) is 14.4 Å². The van der Waals surface area contributed by atoms with Crippen molar-refractivity contribution in [2.24, 2.45) is 0 Å². The molecule has 0 atom stereocenters. The number of carbonyl (C=O) groups excluding carboxylic acids is 3. The summed E-state index contributed by atoms with van der Waals surface area (Å²) in [5.74, 6) is -2.40. The van der Waals surface area contributed by atoms with Gasteiger partial charge in [-0.2, -0.15) is 0 Å². The molecule has 0 aliphatic rings. The zero-order valence-electron chi connectivity index (χ0n) is 9.17. The third-order valence-electron chi connectivity index (χ3n) is 1.72. The van der Waals surface area contributed by atoms with E-state index in [-0.39, 0.29) is 18.8 Å². The molecular formula is C10H11N3O4. The molecule has 0 aromatic carbocycles. The van der Waals surface area contributed by atoms with E-state index in [1.54, 1.807) is 6.92 Å². The maximum Gasteiger partial charge on any atom is 0.396 e. The van der Waals surface area contributed by atoms with Crippen LogP contribution in [0.5, 0.6) is 0 Å². The SMILES string of the molecule is CCOC(=O)C(=O)NCC(=O)c1cnccn1. The van der Waals surface area contributed by atoms with Gasteiger partial charge in [-0.05, 0) is 6.92 Å². The molecule has 1 aromatic rings. The lowest BCUT2D eigenvalue weighted by molar-refractivity contribution is -0.154. The van der Waals surface area contributed by atoms with Gasteiger partial charge < -0.3 is 10.1 Å². The van der Waals surface area contributed by atoms with Crippen molar-refractivity contribution >= 4 is 17.7 Å². The molecule has 0 unspecified atom stereocenters. The van der Waals surface area contributed by atoms with Crippen LogP contribution in [0.1, 0.15) is 17.4 Å². The number of amides is 1. The van der Waals surface area contributed by atoms with Crippen LogP contribution >= 0.6 is 0 Å². The fourth-order valence-electron chi connectivity index (χ4n) is 0.963. The van der Waals surface area contributed by atoms with Gasteiger partial charge >= 0.3 is 11.9 Å². The topological polar surface area (TPSA) is 98.2 Å². The highest BCUT2D eigenvalue weighted by Gasteiger charge is 2.16. The van der Waals surface area contributed by atoms with Gasteiger partial charge in [0.15, 0.2) is 0 Å². The van der Waals surface area contributed by atoms with Crippen molar-refractivity contribution in [3.63, 3.8) is 0 Å². The van der Waals surface area contributed by atoms with E-state index < -0.39 is 17.7 Å². The first-order valence-electron chi connectivity index (χ1n) is 4.89. The van der Waals surface area contributed by atoms with Gasteiger partial charge in [0.05, 0.1) is 19.3 Å². The van der Waals surface area contributed by atoms with E-state index in [0.29, 0.717) is 0 Å². The van der Waals surface area contributed by atoms with Crippen LogP contribution < -0.4 is 5.32 Å². The predicted octanol–water partition coefficient (Wildman–Crippen LogP) is -0.661. The normalized spacial score (nSPS) is 9.47. The van der Waals surface area contributed by atoms with E-state index in [1.165, 1.54) is 18.6 Å². The Labute approximate surface area is 97.2 Å². The van der Waals surface area contributed by atoms with Crippen molar-refractivity contribution in [3.8, 4) is 0 Å². The summed E-state index contributed by atoms with van der Waals surface area (Å²) >= 11 is 0. The van der Waals surface area contributed by atoms with Gasteiger partial charge in [-0.25, -0.2) is 9.78 Å². The summed E-state index contributed by atoms with van der Waals surface area (Å²) in [6, 6.07) is 0. The van der Waals surface area contributed by atoms with Crippen molar-refractivity contribution in [1.29, 1.82) is 0 Å². The Kier molecular flexibility index (Phi) is 4.74. The third kappa shape index (κ3) is 3.98. The lowest BCUT2D eigenvalue weighted by Crippen LogP contribution is -2.36. The van der Waals surface area contributed by atoms with E-state index in [0.717, 1.165) is 0 Å². The second-order valence-corrected chi connectivity index (χ2v) is 2.92. The molecule has 1 N–H and O–H groups in total. The number of esters is 1.